The van der Waals surface area contributed by atoms with Crippen LogP contribution in [0.15, 0.2) is 54.6 Å². The van der Waals surface area contributed by atoms with Crippen molar-refractivity contribution in [2.24, 2.45) is 5.92 Å². The molecule has 3 atom stereocenters. The maximum atomic E-state index is 13.8. The Kier molecular flexibility index (Phi) is 10.3. The van der Waals surface area contributed by atoms with Gasteiger partial charge in [0.25, 0.3) is 5.91 Å². The zero-order valence-corrected chi connectivity index (χ0v) is 24.7. The second kappa shape index (κ2) is 13.7. The fourth-order valence-electron chi connectivity index (χ4n) is 5.87. The molecule has 1 heterocycles. The molecule has 2 aromatic carbocycles. The molecule has 3 N–H and O–H groups in total. The summed E-state index contributed by atoms with van der Waals surface area (Å²) in [5.74, 6) is -0.0693. The van der Waals surface area contributed by atoms with Crippen molar-refractivity contribution in [2.75, 3.05) is 5.88 Å². The largest absolute Gasteiger partial charge is 0.381 e. The molecule has 2 aliphatic rings. The molecule has 0 spiro atoms. The molecule has 3 amide bonds. The molecule has 8 heteroatoms. The van der Waals surface area contributed by atoms with E-state index in [0.29, 0.717) is 31.2 Å². The second-order valence-electron chi connectivity index (χ2n) is 11.7. The maximum absolute atomic E-state index is 13.8. The Morgan fingerprint density at radius 1 is 1.05 bits per heavy atom. The number of carbonyl (C=O) groups excluding carboxylic acids is 3. The van der Waals surface area contributed by atoms with Crippen molar-refractivity contribution >= 4 is 29.5 Å². The number of nitrogens with one attached hydrogen (secondary N) is 2. The van der Waals surface area contributed by atoms with Crippen molar-refractivity contribution < 1.29 is 19.5 Å². The summed E-state index contributed by atoms with van der Waals surface area (Å²) in [7, 11) is 0. The highest BCUT2D eigenvalue weighted by Crippen LogP contribution is 2.40. The van der Waals surface area contributed by atoms with Crippen molar-refractivity contribution in [1.29, 1.82) is 0 Å². The van der Waals surface area contributed by atoms with Gasteiger partial charge in [-0.05, 0) is 56.2 Å². The maximum Gasteiger partial charge on any atom is 0.254 e. The number of nitrogens with zero attached hydrogens (tertiary/aromatic N) is 1. The molecule has 0 bridgehead atoms. The van der Waals surface area contributed by atoms with E-state index < -0.39 is 28.8 Å². The van der Waals surface area contributed by atoms with Crippen LogP contribution >= 0.6 is 11.8 Å². The third kappa shape index (κ3) is 7.67. The predicted molar refractivity (Wildman–Crippen MR) is 159 cm³/mol. The van der Waals surface area contributed by atoms with Crippen molar-refractivity contribution in [2.45, 2.75) is 95.2 Å². The SMILES string of the molecule is Cc1ccccc1CNC(=O)C1N(C(=O)[C@@H](O)[C@H](Cc2ccccc2)NC(=O)CCC2CCCC2)CSC1(C)C. The lowest BCUT2D eigenvalue weighted by molar-refractivity contribution is -0.147. The third-order valence-corrected chi connectivity index (χ3v) is 9.70. The molecule has 1 saturated carbocycles. The molecular weight excluding hydrogens is 522 g/mol. The van der Waals surface area contributed by atoms with E-state index in [-0.39, 0.29) is 11.8 Å². The average Bonchev–Trinajstić information content (AvgIpc) is 3.58. The van der Waals surface area contributed by atoms with Gasteiger partial charge in [0.1, 0.15) is 6.04 Å². The number of aliphatic hydroxyl groups excluding tert-OH is 1. The van der Waals surface area contributed by atoms with E-state index in [9.17, 15) is 19.5 Å². The molecule has 1 aliphatic carbocycles. The van der Waals surface area contributed by atoms with Crippen molar-refractivity contribution in [3.8, 4) is 0 Å². The topological polar surface area (TPSA) is 98.7 Å². The standard InChI is InChI=1S/C32H43N3O4S/c1-22-11-7-10-16-25(22)20-33-30(38)29-32(2,3)40-21-35(29)31(39)28(37)26(19-24-14-5-4-6-15-24)34-27(36)18-17-23-12-8-9-13-23/h4-7,10-11,14-16,23,26,28-29,37H,8-9,12-13,17-21H2,1-3H3,(H,33,38)(H,34,36)/t26-,28-,29?/m0/s1. The van der Waals surface area contributed by atoms with Crippen LogP contribution in [-0.4, -0.2) is 56.5 Å². The molecule has 4 rings (SSSR count). The lowest BCUT2D eigenvalue weighted by Gasteiger charge is -2.33. The van der Waals surface area contributed by atoms with E-state index in [1.54, 1.807) is 0 Å². The van der Waals surface area contributed by atoms with Gasteiger partial charge >= 0.3 is 0 Å². The minimum atomic E-state index is -1.48. The van der Waals surface area contributed by atoms with E-state index >= 15 is 0 Å². The number of carbonyl (C=O) groups is 3. The van der Waals surface area contributed by atoms with Crippen molar-refractivity contribution in [1.82, 2.24) is 15.5 Å². The molecule has 7 nitrogen and oxygen atoms in total. The Morgan fingerprint density at radius 2 is 1.73 bits per heavy atom. The van der Waals surface area contributed by atoms with Crippen LogP contribution in [0.1, 0.15) is 69.1 Å². The number of rotatable bonds is 11. The molecule has 0 radical (unpaired) electrons. The first-order chi connectivity index (χ1) is 19.2. The fourth-order valence-corrected chi connectivity index (χ4v) is 7.01. The monoisotopic (exact) mass is 565 g/mol. The van der Waals surface area contributed by atoms with E-state index in [4.69, 9.17) is 0 Å². The summed E-state index contributed by atoms with van der Waals surface area (Å²) < 4.78 is -0.537. The summed E-state index contributed by atoms with van der Waals surface area (Å²) in [6.07, 6.45) is 4.82. The number of thioether (sulfide) groups is 1. The Labute approximate surface area is 242 Å². The van der Waals surface area contributed by atoms with Gasteiger partial charge < -0.3 is 20.6 Å². The lowest BCUT2D eigenvalue weighted by atomic mass is 9.96. The summed E-state index contributed by atoms with van der Waals surface area (Å²) >= 11 is 1.51. The molecule has 2 aromatic rings. The van der Waals surface area contributed by atoms with Crippen LogP contribution in [0, 0.1) is 12.8 Å². The van der Waals surface area contributed by atoms with E-state index in [1.807, 2.05) is 75.4 Å². The highest BCUT2D eigenvalue weighted by Gasteiger charge is 2.49. The van der Waals surface area contributed by atoms with Crippen molar-refractivity contribution in [3.63, 3.8) is 0 Å². The van der Waals surface area contributed by atoms with Crippen LogP contribution in [0.5, 0.6) is 0 Å². The van der Waals surface area contributed by atoms with Gasteiger partial charge in [0.05, 0.1) is 11.9 Å². The molecule has 40 heavy (non-hydrogen) atoms. The number of amides is 3. The second-order valence-corrected chi connectivity index (χ2v) is 13.3. The zero-order chi connectivity index (χ0) is 28.7. The van der Waals surface area contributed by atoms with Gasteiger partial charge in [0, 0.05) is 17.7 Å². The minimum Gasteiger partial charge on any atom is -0.381 e. The Morgan fingerprint density at radius 3 is 2.42 bits per heavy atom. The summed E-state index contributed by atoms with van der Waals surface area (Å²) in [4.78, 5) is 41.7. The molecule has 1 saturated heterocycles. The van der Waals surface area contributed by atoms with Crippen LogP contribution in [0.2, 0.25) is 0 Å². The highest BCUT2D eigenvalue weighted by molar-refractivity contribution is 8.00. The van der Waals surface area contributed by atoms with Gasteiger partial charge in [0.15, 0.2) is 6.10 Å². The van der Waals surface area contributed by atoms with Crippen LogP contribution < -0.4 is 10.6 Å². The van der Waals surface area contributed by atoms with Crippen molar-refractivity contribution in [3.05, 3.63) is 71.3 Å². The van der Waals surface area contributed by atoms with Gasteiger partial charge in [-0.2, -0.15) is 0 Å². The van der Waals surface area contributed by atoms with Gasteiger partial charge in [-0.25, -0.2) is 0 Å². The Balaban J connectivity index is 1.46. The average molecular weight is 566 g/mol. The fraction of sp³-hybridized carbons (Fsp3) is 0.531. The summed E-state index contributed by atoms with van der Waals surface area (Å²) in [5, 5.41) is 17.4. The first-order valence-electron chi connectivity index (χ1n) is 14.4. The van der Waals surface area contributed by atoms with Gasteiger partial charge in [0.2, 0.25) is 11.8 Å². The zero-order valence-electron chi connectivity index (χ0n) is 23.9. The quantitative estimate of drug-likeness (QED) is 0.376. The number of benzene rings is 2. The first-order valence-corrected chi connectivity index (χ1v) is 15.4. The number of hydrogen-bond donors (Lipinski definition) is 3. The van der Waals surface area contributed by atoms with Crippen LogP contribution in [0.3, 0.4) is 0 Å². The predicted octanol–water partition coefficient (Wildman–Crippen LogP) is 4.35. The third-order valence-electron chi connectivity index (χ3n) is 8.32. The summed E-state index contributed by atoms with van der Waals surface area (Å²) in [6.45, 7) is 6.25. The molecule has 0 aromatic heterocycles. The first kappa shape index (κ1) is 30.1. The molecular formula is C32H43N3O4S. The van der Waals surface area contributed by atoms with Crippen LogP contribution in [-0.2, 0) is 27.3 Å². The molecule has 216 valence electrons. The number of aryl methyl sites for hydroxylation is 1. The van der Waals surface area contributed by atoms with Crippen LogP contribution in [0.25, 0.3) is 0 Å². The van der Waals surface area contributed by atoms with Gasteiger partial charge in [-0.1, -0.05) is 80.3 Å². The molecule has 1 unspecified atom stereocenters. The Bertz CT molecular complexity index is 1170. The van der Waals surface area contributed by atoms with Gasteiger partial charge in [-0.15, -0.1) is 11.8 Å². The normalized spacial score (nSPS) is 20.2. The van der Waals surface area contributed by atoms with Crippen LogP contribution in [0.4, 0.5) is 0 Å². The van der Waals surface area contributed by atoms with E-state index in [1.165, 1.54) is 29.5 Å². The summed E-state index contributed by atoms with van der Waals surface area (Å²) in [5.41, 5.74) is 3.01. The summed E-state index contributed by atoms with van der Waals surface area (Å²) in [6, 6.07) is 15.9. The van der Waals surface area contributed by atoms with Gasteiger partial charge in [-0.3, -0.25) is 14.4 Å². The highest BCUT2D eigenvalue weighted by atomic mass is 32.2. The molecule has 2 fully saturated rings. The smallest absolute Gasteiger partial charge is 0.254 e. The Hall–Kier alpha value is -2.84. The number of aliphatic hydroxyl groups is 1. The van der Waals surface area contributed by atoms with E-state index in [0.717, 1.165) is 36.0 Å². The molecule has 1 aliphatic heterocycles. The number of hydrogen-bond acceptors (Lipinski definition) is 5. The minimum absolute atomic E-state index is 0.150. The van der Waals surface area contributed by atoms with E-state index in [2.05, 4.69) is 10.6 Å². The lowest BCUT2D eigenvalue weighted by Crippen LogP contribution is -2.58.